The molecule has 0 saturated carbocycles. The van der Waals surface area contributed by atoms with Crippen molar-refractivity contribution in [3.05, 3.63) is 12.2 Å². The zero-order valence-corrected chi connectivity index (χ0v) is 7.62. The Balaban J connectivity index is 3.74. The third kappa shape index (κ3) is 4.57. The molecule has 1 heteroatoms. The maximum absolute atomic E-state index is 3.89. The minimum Gasteiger partial charge on any atom is -0.319 e. The summed E-state index contributed by atoms with van der Waals surface area (Å²) in [6.45, 7) is 11.5. The maximum atomic E-state index is 3.89. The van der Waals surface area contributed by atoms with Gasteiger partial charge >= 0.3 is 0 Å². The standard InChI is InChI=1S/C9H19N/c1-8(2)6-9(3,4)7-10-5/h10H,1,6-7H2,2-5H3. The van der Waals surface area contributed by atoms with Gasteiger partial charge in [-0.05, 0) is 25.8 Å². The summed E-state index contributed by atoms with van der Waals surface area (Å²) in [5.74, 6) is 0. The summed E-state index contributed by atoms with van der Waals surface area (Å²) >= 11 is 0. The largest absolute Gasteiger partial charge is 0.319 e. The van der Waals surface area contributed by atoms with Crippen molar-refractivity contribution in [2.75, 3.05) is 13.6 Å². The first kappa shape index (κ1) is 9.70. The van der Waals surface area contributed by atoms with Crippen molar-refractivity contribution in [1.82, 2.24) is 5.32 Å². The van der Waals surface area contributed by atoms with Crippen LogP contribution in [0.3, 0.4) is 0 Å². The molecule has 0 saturated heterocycles. The molecule has 0 aliphatic heterocycles. The van der Waals surface area contributed by atoms with E-state index in [-0.39, 0.29) is 0 Å². The molecule has 0 radical (unpaired) electrons. The molecule has 0 aliphatic carbocycles. The summed E-state index contributed by atoms with van der Waals surface area (Å²) in [6, 6.07) is 0. The van der Waals surface area contributed by atoms with Gasteiger partial charge in [0.2, 0.25) is 0 Å². The first-order chi connectivity index (χ1) is 4.48. The Bertz CT molecular complexity index is 114. The zero-order valence-electron chi connectivity index (χ0n) is 7.62. The highest BCUT2D eigenvalue weighted by molar-refractivity contribution is 4.94. The van der Waals surface area contributed by atoms with E-state index in [2.05, 4.69) is 32.7 Å². The second-order valence-corrected chi connectivity index (χ2v) is 3.83. The van der Waals surface area contributed by atoms with E-state index in [9.17, 15) is 0 Å². The van der Waals surface area contributed by atoms with Crippen LogP contribution in [-0.2, 0) is 0 Å². The SMILES string of the molecule is C=C(C)CC(C)(C)CNC. The van der Waals surface area contributed by atoms with Gasteiger partial charge in [-0.1, -0.05) is 19.4 Å². The molecule has 0 aromatic heterocycles. The van der Waals surface area contributed by atoms with Crippen molar-refractivity contribution in [2.24, 2.45) is 5.41 Å². The fourth-order valence-electron chi connectivity index (χ4n) is 1.36. The molecule has 0 heterocycles. The Morgan fingerprint density at radius 2 is 2.00 bits per heavy atom. The van der Waals surface area contributed by atoms with E-state index in [0.29, 0.717) is 5.41 Å². The molecule has 0 rings (SSSR count). The predicted molar refractivity (Wildman–Crippen MR) is 47.1 cm³/mol. The van der Waals surface area contributed by atoms with E-state index in [1.54, 1.807) is 0 Å². The lowest BCUT2D eigenvalue weighted by molar-refractivity contribution is 0.349. The topological polar surface area (TPSA) is 12.0 Å². The van der Waals surface area contributed by atoms with Crippen molar-refractivity contribution in [1.29, 1.82) is 0 Å². The van der Waals surface area contributed by atoms with Crippen LogP contribution in [-0.4, -0.2) is 13.6 Å². The fraction of sp³-hybridized carbons (Fsp3) is 0.778. The van der Waals surface area contributed by atoms with Gasteiger partial charge in [-0.2, -0.15) is 0 Å². The van der Waals surface area contributed by atoms with Gasteiger partial charge in [0.25, 0.3) is 0 Å². The molecule has 0 amide bonds. The molecule has 1 nitrogen and oxygen atoms in total. The molecule has 10 heavy (non-hydrogen) atoms. The van der Waals surface area contributed by atoms with Crippen molar-refractivity contribution < 1.29 is 0 Å². The summed E-state index contributed by atoms with van der Waals surface area (Å²) in [5.41, 5.74) is 1.63. The van der Waals surface area contributed by atoms with Crippen molar-refractivity contribution in [3.8, 4) is 0 Å². The van der Waals surface area contributed by atoms with Crippen molar-refractivity contribution >= 4 is 0 Å². The van der Waals surface area contributed by atoms with Crippen molar-refractivity contribution in [3.63, 3.8) is 0 Å². The number of hydrogen-bond donors (Lipinski definition) is 1. The van der Waals surface area contributed by atoms with Gasteiger partial charge in [-0.15, -0.1) is 6.58 Å². The lowest BCUT2D eigenvalue weighted by Crippen LogP contribution is -2.26. The smallest absolute Gasteiger partial charge is 0.000258 e. The molecule has 0 aromatic carbocycles. The number of rotatable bonds is 4. The van der Waals surface area contributed by atoms with Gasteiger partial charge in [0.1, 0.15) is 0 Å². The average molecular weight is 141 g/mol. The van der Waals surface area contributed by atoms with E-state index in [0.717, 1.165) is 13.0 Å². The number of allylic oxidation sites excluding steroid dienone is 1. The van der Waals surface area contributed by atoms with Crippen LogP contribution in [0.2, 0.25) is 0 Å². The molecule has 0 aromatic rings. The highest BCUT2D eigenvalue weighted by Gasteiger charge is 2.15. The zero-order chi connectivity index (χ0) is 8.20. The van der Waals surface area contributed by atoms with Gasteiger partial charge < -0.3 is 5.32 Å². The average Bonchev–Trinajstić information content (AvgIpc) is 1.59. The molecular formula is C9H19N. The Kier molecular flexibility index (Phi) is 3.66. The Morgan fingerprint density at radius 3 is 2.30 bits per heavy atom. The molecule has 0 fully saturated rings. The second-order valence-electron chi connectivity index (χ2n) is 3.83. The fourth-order valence-corrected chi connectivity index (χ4v) is 1.36. The molecule has 0 spiro atoms. The van der Waals surface area contributed by atoms with E-state index >= 15 is 0 Å². The second kappa shape index (κ2) is 3.77. The summed E-state index contributed by atoms with van der Waals surface area (Å²) in [5, 5.41) is 3.17. The Morgan fingerprint density at radius 1 is 1.50 bits per heavy atom. The molecule has 0 aliphatic rings. The molecular weight excluding hydrogens is 122 g/mol. The molecule has 0 unspecified atom stereocenters. The van der Waals surface area contributed by atoms with Gasteiger partial charge in [0.05, 0.1) is 0 Å². The van der Waals surface area contributed by atoms with Gasteiger partial charge in [-0.3, -0.25) is 0 Å². The predicted octanol–water partition coefficient (Wildman–Crippen LogP) is 2.20. The molecule has 60 valence electrons. The maximum Gasteiger partial charge on any atom is 0.000258 e. The summed E-state index contributed by atoms with van der Waals surface area (Å²) in [4.78, 5) is 0. The van der Waals surface area contributed by atoms with Gasteiger partial charge in [0.15, 0.2) is 0 Å². The van der Waals surface area contributed by atoms with Crippen LogP contribution < -0.4 is 5.32 Å². The number of nitrogens with one attached hydrogen (secondary N) is 1. The van der Waals surface area contributed by atoms with Crippen LogP contribution >= 0.6 is 0 Å². The van der Waals surface area contributed by atoms with E-state index < -0.39 is 0 Å². The van der Waals surface area contributed by atoms with Crippen LogP contribution in [0.1, 0.15) is 27.2 Å². The quantitative estimate of drug-likeness (QED) is 0.592. The highest BCUT2D eigenvalue weighted by Crippen LogP contribution is 2.22. The monoisotopic (exact) mass is 141 g/mol. The summed E-state index contributed by atoms with van der Waals surface area (Å²) in [6.07, 6.45) is 1.10. The van der Waals surface area contributed by atoms with Crippen LogP contribution in [0.15, 0.2) is 12.2 Å². The molecule has 0 bridgehead atoms. The van der Waals surface area contributed by atoms with E-state index in [1.807, 2.05) is 7.05 Å². The Labute approximate surface area is 64.5 Å². The Hall–Kier alpha value is -0.300. The van der Waals surface area contributed by atoms with Gasteiger partial charge in [0, 0.05) is 6.54 Å². The minimum atomic E-state index is 0.362. The van der Waals surface area contributed by atoms with Gasteiger partial charge in [-0.25, -0.2) is 0 Å². The third-order valence-electron chi connectivity index (χ3n) is 1.44. The van der Waals surface area contributed by atoms with E-state index in [1.165, 1.54) is 5.57 Å². The van der Waals surface area contributed by atoms with Crippen LogP contribution in [0.5, 0.6) is 0 Å². The molecule has 1 N–H and O–H groups in total. The first-order valence-corrected chi connectivity index (χ1v) is 3.77. The van der Waals surface area contributed by atoms with E-state index in [4.69, 9.17) is 0 Å². The highest BCUT2D eigenvalue weighted by atomic mass is 14.8. The normalized spacial score (nSPS) is 11.6. The summed E-state index contributed by atoms with van der Waals surface area (Å²) in [7, 11) is 1.99. The summed E-state index contributed by atoms with van der Waals surface area (Å²) < 4.78 is 0. The first-order valence-electron chi connectivity index (χ1n) is 3.77. The van der Waals surface area contributed by atoms with Crippen LogP contribution in [0.4, 0.5) is 0 Å². The van der Waals surface area contributed by atoms with Crippen molar-refractivity contribution in [2.45, 2.75) is 27.2 Å². The minimum absolute atomic E-state index is 0.362. The lowest BCUT2D eigenvalue weighted by Gasteiger charge is -2.23. The molecule has 0 atom stereocenters. The third-order valence-corrected chi connectivity index (χ3v) is 1.44. The number of hydrogen-bond acceptors (Lipinski definition) is 1. The van der Waals surface area contributed by atoms with Crippen LogP contribution in [0, 0.1) is 5.41 Å². The lowest BCUT2D eigenvalue weighted by atomic mass is 9.86. The van der Waals surface area contributed by atoms with Crippen LogP contribution in [0.25, 0.3) is 0 Å².